The lowest BCUT2D eigenvalue weighted by Crippen LogP contribution is -2.13. The highest BCUT2D eigenvalue weighted by atomic mass is 16.6. The van der Waals surface area contributed by atoms with Crippen LogP contribution < -0.4 is 0 Å². The molecule has 6 heteroatoms. The van der Waals surface area contributed by atoms with Crippen molar-refractivity contribution in [1.82, 2.24) is 9.78 Å². The SMILES string of the molecule is Cc1cc([N+](=O)[O-])n(CC(=O)c2ccccc2)n1. The van der Waals surface area contributed by atoms with Crippen molar-refractivity contribution in [2.45, 2.75) is 13.5 Å². The molecular weight excluding hydrogens is 234 g/mol. The molecule has 1 heterocycles. The summed E-state index contributed by atoms with van der Waals surface area (Å²) in [6.45, 7) is 1.52. The third-order valence-electron chi connectivity index (χ3n) is 2.46. The predicted molar refractivity (Wildman–Crippen MR) is 64.4 cm³/mol. The quantitative estimate of drug-likeness (QED) is 0.468. The van der Waals surface area contributed by atoms with Gasteiger partial charge in [-0.2, -0.15) is 0 Å². The van der Waals surface area contributed by atoms with Gasteiger partial charge in [-0.25, -0.2) is 0 Å². The van der Waals surface area contributed by atoms with Crippen LogP contribution in [0.1, 0.15) is 16.1 Å². The van der Waals surface area contributed by atoms with Crippen molar-refractivity contribution in [3.05, 3.63) is 57.8 Å². The van der Waals surface area contributed by atoms with Gasteiger partial charge in [0.1, 0.15) is 0 Å². The fourth-order valence-electron chi connectivity index (χ4n) is 1.65. The van der Waals surface area contributed by atoms with Gasteiger partial charge in [-0.15, -0.1) is 4.68 Å². The molecule has 0 aliphatic heterocycles. The molecular formula is C12H11N3O3. The topological polar surface area (TPSA) is 78.0 Å². The average Bonchev–Trinajstić information content (AvgIpc) is 2.71. The molecule has 0 bridgehead atoms. The summed E-state index contributed by atoms with van der Waals surface area (Å²) in [5.41, 5.74) is 1.03. The Morgan fingerprint density at radius 2 is 2.06 bits per heavy atom. The molecule has 6 nitrogen and oxygen atoms in total. The van der Waals surface area contributed by atoms with E-state index >= 15 is 0 Å². The van der Waals surface area contributed by atoms with Crippen LogP contribution in [0.15, 0.2) is 36.4 Å². The van der Waals surface area contributed by atoms with Crippen molar-refractivity contribution < 1.29 is 9.72 Å². The highest BCUT2D eigenvalue weighted by molar-refractivity contribution is 5.95. The van der Waals surface area contributed by atoms with Crippen molar-refractivity contribution in [3.8, 4) is 0 Å². The lowest BCUT2D eigenvalue weighted by molar-refractivity contribution is -0.392. The number of carbonyl (C=O) groups is 1. The summed E-state index contributed by atoms with van der Waals surface area (Å²) in [7, 11) is 0. The van der Waals surface area contributed by atoms with E-state index in [0.717, 1.165) is 4.68 Å². The van der Waals surface area contributed by atoms with Crippen molar-refractivity contribution in [2.75, 3.05) is 0 Å². The molecule has 2 rings (SSSR count). The Bertz CT molecular complexity index is 590. The molecule has 18 heavy (non-hydrogen) atoms. The van der Waals surface area contributed by atoms with Gasteiger partial charge in [0.15, 0.2) is 6.54 Å². The summed E-state index contributed by atoms with van der Waals surface area (Å²) in [4.78, 5) is 22.2. The molecule has 2 aromatic rings. The molecule has 0 saturated heterocycles. The van der Waals surface area contributed by atoms with E-state index in [-0.39, 0.29) is 18.1 Å². The molecule has 92 valence electrons. The van der Waals surface area contributed by atoms with Crippen LogP contribution in [0.4, 0.5) is 5.82 Å². The number of hydrogen-bond acceptors (Lipinski definition) is 4. The summed E-state index contributed by atoms with van der Waals surface area (Å²) >= 11 is 0. The van der Waals surface area contributed by atoms with Crippen LogP contribution in [0.25, 0.3) is 0 Å². The van der Waals surface area contributed by atoms with E-state index in [9.17, 15) is 14.9 Å². The van der Waals surface area contributed by atoms with Gasteiger partial charge in [0.2, 0.25) is 5.78 Å². The maximum atomic E-state index is 11.9. The first-order valence-electron chi connectivity index (χ1n) is 5.35. The van der Waals surface area contributed by atoms with Crippen LogP contribution in [0.3, 0.4) is 0 Å². The monoisotopic (exact) mass is 245 g/mol. The molecule has 0 spiro atoms. The number of rotatable bonds is 4. The van der Waals surface area contributed by atoms with Crippen molar-refractivity contribution in [2.24, 2.45) is 0 Å². The molecule has 0 atom stereocenters. The van der Waals surface area contributed by atoms with E-state index in [2.05, 4.69) is 5.10 Å². The summed E-state index contributed by atoms with van der Waals surface area (Å²) in [6, 6.07) is 9.98. The Hall–Kier alpha value is -2.50. The summed E-state index contributed by atoms with van der Waals surface area (Å²) in [5, 5.41) is 14.7. The van der Waals surface area contributed by atoms with Crippen molar-refractivity contribution >= 4 is 11.6 Å². The minimum absolute atomic E-state index is 0.131. The van der Waals surface area contributed by atoms with Gasteiger partial charge >= 0.3 is 5.82 Å². The zero-order valence-corrected chi connectivity index (χ0v) is 9.74. The number of hydrogen-bond donors (Lipinski definition) is 0. The molecule has 0 aliphatic rings. The number of aromatic nitrogens is 2. The first-order chi connectivity index (χ1) is 8.58. The zero-order chi connectivity index (χ0) is 13.1. The Balaban J connectivity index is 2.25. The molecule has 0 aliphatic carbocycles. The van der Waals surface area contributed by atoms with Crippen molar-refractivity contribution in [3.63, 3.8) is 0 Å². The van der Waals surface area contributed by atoms with Crippen molar-refractivity contribution in [1.29, 1.82) is 0 Å². The standard InChI is InChI=1S/C12H11N3O3/c1-9-7-12(15(17)18)14(13-9)8-11(16)10-5-3-2-4-6-10/h2-7H,8H2,1H3. The Morgan fingerprint density at radius 1 is 1.39 bits per heavy atom. The van der Waals surface area contributed by atoms with Crippen LogP contribution in [0.2, 0.25) is 0 Å². The zero-order valence-electron chi connectivity index (χ0n) is 9.74. The van der Waals surface area contributed by atoms with Gasteiger partial charge < -0.3 is 10.1 Å². The van der Waals surface area contributed by atoms with Crippen LogP contribution in [0.5, 0.6) is 0 Å². The molecule has 0 saturated carbocycles. The minimum Gasteiger partial charge on any atom is -0.358 e. The molecule has 0 N–H and O–H groups in total. The normalized spacial score (nSPS) is 10.3. The summed E-state index contributed by atoms with van der Waals surface area (Å²) in [6.07, 6.45) is 0. The molecule has 0 amide bonds. The number of nitrogens with zero attached hydrogens (tertiary/aromatic N) is 3. The Labute approximate surface area is 103 Å². The molecule has 0 radical (unpaired) electrons. The largest absolute Gasteiger partial charge is 0.358 e. The number of carbonyl (C=O) groups excluding carboxylic acids is 1. The van der Waals surface area contributed by atoms with Gasteiger partial charge in [0.05, 0.1) is 11.8 Å². The lowest BCUT2D eigenvalue weighted by atomic mass is 10.1. The number of nitro groups is 1. The number of ketones is 1. The number of benzene rings is 1. The smallest absolute Gasteiger partial charge is 0.345 e. The second-order valence-corrected chi connectivity index (χ2v) is 3.85. The van der Waals surface area contributed by atoms with E-state index in [1.807, 2.05) is 0 Å². The Morgan fingerprint density at radius 3 is 2.67 bits per heavy atom. The number of Topliss-reactive ketones (excluding diaryl/α,β-unsaturated/α-hetero) is 1. The van der Waals surface area contributed by atoms with Gasteiger partial charge in [-0.3, -0.25) is 4.79 Å². The highest BCUT2D eigenvalue weighted by Gasteiger charge is 2.19. The van der Waals surface area contributed by atoms with Crippen LogP contribution in [0, 0.1) is 17.0 Å². The second kappa shape index (κ2) is 4.79. The lowest BCUT2D eigenvalue weighted by Gasteiger charge is -1.99. The average molecular weight is 245 g/mol. The molecule has 0 fully saturated rings. The molecule has 1 aromatic carbocycles. The van der Waals surface area contributed by atoms with Gasteiger partial charge in [-0.1, -0.05) is 35.4 Å². The van der Waals surface area contributed by atoms with E-state index in [1.165, 1.54) is 6.07 Å². The first-order valence-corrected chi connectivity index (χ1v) is 5.35. The number of aryl methyl sites for hydroxylation is 1. The van der Waals surface area contributed by atoms with Crippen LogP contribution >= 0.6 is 0 Å². The fourth-order valence-corrected chi connectivity index (χ4v) is 1.65. The van der Waals surface area contributed by atoms with E-state index in [4.69, 9.17) is 0 Å². The van der Waals surface area contributed by atoms with Gasteiger partial charge in [0.25, 0.3) is 0 Å². The summed E-state index contributed by atoms with van der Waals surface area (Å²) < 4.78 is 1.12. The fraction of sp³-hybridized carbons (Fsp3) is 0.167. The van der Waals surface area contributed by atoms with Crippen LogP contribution in [-0.4, -0.2) is 20.5 Å². The minimum atomic E-state index is -0.543. The van der Waals surface area contributed by atoms with Gasteiger partial charge in [-0.05, 0) is 11.8 Å². The Kier molecular flexibility index (Phi) is 3.18. The van der Waals surface area contributed by atoms with Gasteiger partial charge in [0, 0.05) is 5.56 Å². The third-order valence-corrected chi connectivity index (χ3v) is 2.46. The van der Waals surface area contributed by atoms with E-state index in [0.29, 0.717) is 11.3 Å². The molecule has 0 unspecified atom stereocenters. The summed E-state index contributed by atoms with van der Waals surface area (Å²) in [5.74, 6) is -0.376. The third kappa shape index (κ3) is 2.42. The van der Waals surface area contributed by atoms with E-state index < -0.39 is 4.92 Å². The molecule has 1 aromatic heterocycles. The van der Waals surface area contributed by atoms with Crippen LogP contribution in [-0.2, 0) is 6.54 Å². The van der Waals surface area contributed by atoms with E-state index in [1.54, 1.807) is 37.3 Å². The maximum Gasteiger partial charge on any atom is 0.345 e. The highest BCUT2D eigenvalue weighted by Crippen LogP contribution is 2.14. The second-order valence-electron chi connectivity index (χ2n) is 3.85. The first kappa shape index (κ1) is 12.0. The predicted octanol–water partition coefficient (Wildman–Crippen LogP) is 1.98. The maximum absolute atomic E-state index is 11.9.